The molecule has 1 aromatic carbocycles. The van der Waals surface area contributed by atoms with Gasteiger partial charge < -0.3 is 15.4 Å². The van der Waals surface area contributed by atoms with Gasteiger partial charge in [0.15, 0.2) is 0 Å². The number of methoxy groups -OCH3 is 1. The quantitative estimate of drug-likeness (QED) is 0.832. The summed E-state index contributed by atoms with van der Waals surface area (Å²) in [5.74, 6) is 0.0597. The second kappa shape index (κ2) is 5.64. The lowest BCUT2D eigenvalue weighted by Crippen LogP contribution is -2.17. The third-order valence-electron chi connectivity index (χ3n) is 2.66. The fraction of sp³-hybridized carbons (Fsp3) is 0.385. The average molecular weight is 248 g/mol. The van der Waals surface area contributed by atoms with E-state index in [-0.39, 0.29) is 24.3 Å². The molecule has 18 heavy (non-hydrogen) atoms. The van der Waals surface area contributed by atoms with Crippen LogP contribution in [-0.4, -0.2) is 25.5 Å². The van der Waals surface area contributed by atoms with E-state index in [9.17, 15) is 9.59 Å². The second-order valence-corrected chi connectivity index (χ2v) is 4.32. The Morgan fingerprint density at radius 2 is 1.72 bits per heavy atom. The summed E-state index contributed by atoms with van der Waals surface area (Å²) in [5.41, 5.74) is 1.43. The molecule has 1 saturated carbocycles. The first-order valence-corrected chi connectivity index (χ1v) is 5.89. The van der Waals surface area contributed by atoms with Crippen molar-refractivity contribution in [1.29, 1.82) is 0 Å². The Labute approximate surface area is 106 Å². The summed E-state index contributed by atoms with van der Waals surface area (Å²) in [5, 5.41) is 5.52. The molecule has 1 aliphatic carbocycles. The Kier molecular flexibility index (Phi) is 3.94. The van der Waals surface area contributed by atoms with Crippen molar-refractivity contribution in [3.8, 4) is 0 Å². The van der Waals surface area contributed by atoms with Crippen LogP contribution in [0, 0.1) is 5.92 Å². The molecule has 0 bridgehead atoms. The summed E-state index contributed by atoms with van der Waals surface area (Å²) < 4.78 is 4.72. The fourth-order valence-corrected chi connectivity index (χ4v) is 1.55. The van der Waals surface area contributed by atoms with Gasteiger partial charge in [0.1, 0.15) is 6.61 Å². The molecule has 96 valence electrons. The van der Waals surface area contributed by atoms with Crippen LogP contribution in [-0.2, 0) is 14.3 Å². The first kappa shape index (κ1) is 12.6. The maximum atomic E-state index is 11.5. The van der Waals surface area contributed by atoms with Crippen LogP contribution in [0.1, 0.15) is 12.8 Å². The first-order chi connectivity index (χ1) is 8.69. The molecule has 0 spiro atoms. The number of carbonyl (C=O) groups excluding carboxylic acids is 2. The van der Waals surface area contributed by atoms with Gasteiger partial charge in [0.2, 0.25) is 11.8 Å². The van der Waals surface area contributed by atoms with Gasteiger partial charge in [0, 0.05) is 24.4 Å². The standard InChI is InChI=1S/C13H16N2O3/c1-18-8-12(16)14-10-4-6-11(7-5-10)15-13(17)9-2-3-9/h4-7,9H,2-3,8H2,1H3,(H,14,16)(H,15,17). The Morgan fingerprint density at radius 3 is 2.22 bits per heavy atom. The van der Waals surface area contributed by atoms with E-state index in [4.69, 9.17) is 4.74 Å². The van der Waals surface area contributed by atoms with Gasteiger partial charge in [-0.05, 0) is 37.1 Å². The van der Waals surface area contributed by atoms with Gasteiger partial charge in [0.05, 0.1) is 0 Å². The summed E-state index contributed by atoms with van der Waals surface area (Å²) in [6.07, 6.45) is 1.97. The molecule has 1 aliphatic rings. The van der Waals surface area contributed by atoms with Gasteiger partial charge in [-0.2, -0.15) is 0 Å². The molecule has 2 amide bonds. The summed E-state index contributed by atoms with van der Waals surface area (Å²) in [6, 6.07) is 7.03. The number of anilines is 2. The van der Waals surface area contributed by atoms with Crippen molar-refractivity contribution in [3.63, 3.8) is 0 Å². The fourth-order valence-electron chi connectivity index (χ4n) is 1.55. The maximum Gasteiger partial charge on any atom is 0.250 e. The van der Waals surface area contributed by atoms with Gasteiger partial charge in [-0.1, -0.05) is 0 Å². The van der Waals surface area contributed by atoms with Crippen LogP contribution in [0.4, 0.5) is 11.4 Å². The highest BCUT2D eigenvalue weighted by atomic mass is 16.5. The number of hydrogen-bond acceptors (Lipinski definition) is 3. The highest BCUT2D eigenvalue weighted by Crippen LogP contribution is 2.30. The van der Waals surface area contributed by atoms with E-state index >= 15 is 0 Å². The maximum absolute atomic E-state index is 11.5. The molecule has 1 fully saturated rings. The lowest BCUT2D eigenvalue weighted by molar-refractivity contribution is -0.119. The largest absolute Gasteiger partial charge is 0.375 e. The van der Waals surface area contributed by atoms with Gasteiger partial charge in [-0.15, -0.1) is 0 Å². The molecule has 0 saturated heterocycles. The van der Waals surface area contributed by atoms with Crippen LogP contribution in [0.25, 0.3) is 0 Å². The van der Waals surface area contributed by atoms with Crippen LogP contribution < -0.4 is 10.6 Å². The highest BCUT2D eigenvalue weighted by molar-refractivity contribution is 5.95. The van der Waals surface area contributed by atoms with Crippen molar-refractivity contribution in [2.75, 3.05) is 24.4 Å². The molecule has 1 aromatic rings. The van der Waals surface area contributed by atoms with E-state index in [1.165, 1.54) is 7.11 Å². The van der Waals surface area contributed by atoms with E-state index in [0.717, 1.165) is 18.5 Å². The van der Waals surface area contributed by atoms with Gasteiger partial charge in [-0.3, -0.25) is 9.59 Å². The number of rotatable bonds is 5. The lowest BCUT2D eigenvalue weighted by Gasteiger charge is -2.07. The summed E-state index contributed by atoms with van der Waals surface area (Å²) in [4.78, 5) is 22.8. The Morgan fingerprint density at radius 1 is 1.17 bits per heavy atom. The zero-order valence-corrected chi connectivity index (χ0v) is 10.2. The predicted molar refractivity (Wildman–Crippen MR) is 68.3 cm³/mol. The van der Waals surface area contributed by atoms with Crippen molar-refractivity contribution in [2.24, 2.45) is 5.92 Å². The normalized spacial score (nSPS) is 14.1. The van der Waals surface area contributed by atoms with Crippen molar-refractivity contribution in [3.05, 3.63) is 24.3 Å². The topological polar surface area (TPSA) is 67.4 Å². The summed E-state index contributed by atoms with van der Waals surface area (Å²) >= 11 is 0. The molecular weight excluding hydrogens is 232 g/mol. The van der Waals surface area contributed by atoms with E-state index < -0.39 is 0 Å². The van der Waals surface area contributed by atoms with E-state index in [1.807, 2.05) is 0 Å². The van der Waals surface area contributed by atoms with Crippen LogP contribution in [0.5, 0.6) is 0 Å². The molecular formula is C13H16N2O3. The SMILES string of the molecule is COCC(=O)Nc1ccc(NC(=O)C2CC2)cc1. The first-order valence-electron chi connectivity index (χ1n) is 5.89. The molecule has 2 rings (SSSR count). The van der Waals surface area contributed by atoms with Gasteiger partial charge in [-0.25, -0.2) is 0 Å². The van der Waals surface area contributed by atoms with Gasteiger partial charge in [0.25, 0.3) is 0 Å². The van der Waals surface area contributed by atoms with Crippen LogP contribution in [0.15, 0.2) is 24.3 Å². The minimum absolute atomic E-state index is 0.0279. The smallest absolute Gasteiger partial charge is 0.250 e. The lowest BCUT2D eigenvalue weighted by atomic mass is 10.2. The molecule has 0 unspecified atom stereocenters. The van der Waals surface area contributed by atoms with Crippen molar-refractivity contribution >= 4 is 23.2 Å². The third-order valence-corrected chi connectivity index (χ3v) is 2.66. The zero-order valence-electron chi connectivity index (χ0n) is 10.2. The number of benzene rings is 1. The highest BCUT2D eigenvalue weighted by Gasteiger charge is 2.29. The van der Waals surface area contributed by atoms with Crippen molar-refractivity contribution < 1.29 is 14.3 Å². The number of amides is 2. The monoisotopic (exact) mass is 248 g/mol. The Balaban J connectivity index is 1.88. The molecule has 5 nitrogen and oxygen atoms in total. The second-order valence-electron chi connectivity index (χ2n) is 4.32. The Hall–Kier alpha value is -1.88. The average Bonchev–Trinajstić information content (AvgIpc) is 3.16. The van der Waals surface area contributed by atoms with E-state index in [0.29, 0.717) is 5.69 Å². The molecule has 0 aromatic heterocycles. The molecule has 0 radical (unpaired) electrons. The number of hydrogen-bond donors (Lipinski definition) is 2. The van der Waals surface area contributed by atoms with Crippen LogP contribution in [0.3, 0.4) is 0 Å². The third kappa shape index (κ3) is 3.56. The van der Waals surface area contributed by atoms with Crippen molar-refractivity contribution in [1.82, 2.24) is 0 Å². The predicted octanol–water partition coefficient (Wildman–Crippen LogP) is 1.62. The van der Waals surface area contributed by atoms with Crippen molar-refractivity contribution in [2.45, 2.75) is 12.8 Å². The van der Waals surface area contributed by atoms with E-state index in [2.05, 4.69) is 10.6 Å². The summed E-state index contributed by atoms with van der Waals surface area (Å²) in [7, 11) is 1.47. The summed E-state index contributed by atoms with van der Waals surface area (Å²) in [6.45, 7) is 0.0279. The molecule has 0 heterocycles. The molecule has 0 aliphatic heterocycles. The molecule has 5 heteroatoms. The molecule has 0 atom stereocenters. The number of nitrogens with one attached hydrogen (secondary N) is 2. The van der Waals surface area contributed by atoms with Crippen LogP contribution >= 0.6 is 0 Å². The van der Waals surface area contributed by atoms with Crippen LogP contribution in [0.2, 0.25) is 0 Å². The van der Waals surface area contributed by atoms with Gasteiger partial charge >= 0.3 is 0 Å². The Bertz CT molecular complexity index is 438. The minimum atomic E-state index is -0.202. The number of carbonyl (C=O) groups is 2. The molecule has 2 N–H and O–H groups in total. The van der Waals surface area contributed by atoms with E-state index in [1.54, 1.807) is 24.3 Å². The minimum Gasteiger partial charge on any atom is -0.375 e. The number of ether oxygens (including phenoxy) is 1. The zero-order chi connectivity index (χ0) is 13.0.